The number of aromatic nitrogens is 2. The molecule has 0 spiro atoms. The van der Waals surface area contributed by atoms with Gasteiger partial charge < -0.3 is 10.2 Å². The summed E-state index contributed by atoms with van der Waals surface area (Å²) in [6, 6.07) is 5.88. The summed E-state index contributed by atoms with van der Waals surface area (Å²) < 4.78 is 0. The summed E-state index contributed by atoms with van der Waals surface area (Å²) in [5.74, 6) is -1.04. The molecule has 1 heterocycles. The predicted molar refractivity (Wildman–Crippen MR) is 71.8 cm³/mol. The first-order valence-electron chi connectivity index (χ1n) is 5.98. The summed E-state index contributed by atoms with van der Waals surface area (Å²) in [6.07, 6.45) is -1.12. The van der Waals surface area contributed by atoms with E-state index in [1.807, 2.05) is 0 Å². The van der Waals surface area contributed by atoms with Crippen molar-refractivity contribution < 1.29 is 15.0 Å². The molecular formula is C14H14N2O4. The van der Waals surface area contributed by atoms with Crippen molar-refractivity contribution in [2.24, 2.45) is 0 Å². The number of rotatable bonds is 3. The minimum Gasteiger partial charge on any atom is -0.478 e. The number of H-pyrrole nitrogens is 1. The molecule has 6 heteroatoms. The number of hydrogen-bond acceptors (Lipinski definition) is 4. The topological polar surface area (TPSA) is 103 Å². The van der Waals surface area contributed by atoms with Crippen molar-refractivity contribution in [3.8, 4) is 0 Å². The molecule has 0 aliphatic heterocycles. The Balaban J connectivity index is 2.48. The predicted octanol–water partition coefficient (Wildman–Crippen LogP) is 1.17. The summed E-state index contributed by atoms with van der Waals surface area (Å²) in [5, 5.41) is 25.3. The van der Waals surface area contributed by atoms with Gasteiger partial charge >= 0.3 is 5.97 Å². The number of aryl methyl sites for hydroxylation is 2. The first-order chi connectivity index (χ1) is 9.40. The van der Waals surface area contributed by atoms with Gasteiger partial charge in [-0.25, -0.2) is 9.89 Å². The Morgan fingerprint density at radius 1 is 1.25 bits per heavy atom. The molecule has 1 unspecified atom stereocenters. The summed E-state index contributed by atoms with van der Waals surface area (Å²) in [7, 11) is 0. The van der Waals surface area contributed by atoms with Crippen LogP contribution in [0.4, 0.5) is 0 Å². The molecule has 1 atom stereocenters. The Kier molecular flexibility index (Phi) is 3.67. The van der Waals surface area contributed by atoms with Gasteiger partial charge in [-0.05, 0) is 43.2 Å². The maximum atomic E-state index is 11.7. The van der Waals surface area contributed by atoms with E-state index in [1.54, 1.807) is 13.8 Å². The first-order valence-corrected chi connectivity index (χ1v) is 5.98. The van der Waals surface area contributed by atoms with E-state index in [2.05, 4.69) is 10.2 Å². The lowest BCUT2D eigenvalue weighted by molar-refractivity contribution is 0.0696. The lowest BCUT2D eigenvalue weighted by atomic mass is 9.96. The van der Waals surface area contributed by atoms with Gasteiger partial charge in [-0.15, -0.1) is 0 Å². The van der Waals surface area contributed by atoms with Crippen LogP contribution in [0.15, 0.2) is 29.1 Å². The number of carbonyl (C=O) groups is 1. The fourth-order valence-electron chi connectivity index (χ4n) is 2.01. The third-order valence-electron chi connectivity index (χ3n) is 3.07. The number of carboxylic acid groups (broad SMARTS) is 1. The van der Waals surface area contributed by atoms with E-state index >= 15 is 0 Å². The van der Waals surface area contributed by atoms with Gasteiger partial charge in [0.15, 0.2) is 0 Å². The molecule has 2 rings (SSSR count). The van der Waals surface area contributed by atoms with Crippen LogP contribution in [0.2, 0.25) is 0 Å². The van der Waals surface area contributed by atoms with E-state index in [-0.39, 0.29) is 11.1 Å². The number of hydrogen-bond donors (Lipinski definition) is 3. The van der Waals surface area contributed by atoms with E-state index in [4.69, 9.17) is 5.11 Å². The number of aromatic amines is 1. The van der Waals surface area contributed by atoms with E-state index < -0.39 is 17.6 Å². The van der Waals surface area contributed by atoms with Crippen LogP contribution in [0, 0.1) is 13.8 Å². The molecule has 0 amide bonds. The first kappa shape index (κ1) is 14.0. The second-order valence-electron chi connectivity index (χ2n) is 4.57. The highest BCUT2D eigenvalue weighted by atomic mass is 16.4. The van der Waals surface area contributed by atoms with Crippen molar-refractivity contribution in [3.63, 3.8) is 0 Å². The molecular weight excluding hydrogens is 260 g/mol. The van der Waals surface area contributed by atoms with Crippen molar-refractivity contribution >= 4 is 5.97 Å². The minimum atomic E-state index is -1.12. The summed E-state index contributed by atoms with van der Waals surface area (Å²) >= 11 is 0. The lowest BCUT2D eigenvalue weighted by Crippen LogP contribution is -2.19. The van der Waals surface area contributed by atoms with Gasteiger partial charge in [0.25, 0.3) is 5.56 Å². The Morgan fingerprint density at radius 2 is 1.95 bits per heavy atom. The molecule has 1 aromatic carbocycles. The molecule has 6 nitrogen and oxygen atoms in total. The van der Waals surface area contributed by atoms with Crippen LogP contribution in [0.25, 0.3) is 0 Å². The number of aliphatic hydroxyl groups excluding tert-OH is 1. The van der Waals surface area contributed by atoms with E-state index in [1.165, 1.54) is 24.3 Å². The molecule has 0 aliphatic rings. The van der Waals surface area contributed by atoms with Crippen LogP contribution in [0.1, 0.15) is 38.8 Å². The maximum Gasteiger partial charge on any atom is 0.335 e. The molecule has 20 heavy (non-hydrogen) atoms. The monoisotopic (exact) mass is 274 g/mol. The normalized spacial score (nSPS) is 12.2. The lowest BCUT2D eigenvalue weighted by Gasteiger charge is -2.14. The molecule has 0 saturated carbocycles. The SMILES string of the molecule is Cc1cc(C(O)c2ccc(C(=O)O)cc2C)c(=O)[nH]n1. The molecule has 0 aliphatic carbocycles. The Hall–Kier alpha value is -2.47. The second-order valence-corrected chi connectivity index (χ2v) is 4.57. The summed E-state index contributed by atoms with van der Waals surface area (Å²) in [6.45, 7) is 3.39. The van der Waals surface area contributed by atoms with E-state index in [9.17, 15) is 14.7 Å². The van der Waals surface area contributed by atoms with Crippen molar-refractivity contribution in [3.05, 3.63) is 62.6 Å². The van der Waals surface area contributed by atoms with Crippen LogP contribution < -0.4 is 5.56 Å². The van der Waals surface area contributed by atoms with Gasteiger partial charge in [0, 0.05) is 0 Å². The van der Waals surface area contributed by atoms with Gasteiger partial charge in [-0.3, -0.25) is 4.79 Å². The second kappa shape index (κ2) is 5.26. The smallest absolute Gasteiger partial charge is 0.335 e. The number of nitrogens with one attached hydrogen (secondary N) is 1. The highest BCUT2D eigenvalue weighted by Crippen LogP contribution is 2.23. The quantitative estimate of drug-likeness (QED) is 0.779. The van der Waals surface area contributed by atoms with Crippen LogP contribution in [-0.4, -0.2) is 26.4 Å². The zero-order chi connectivity index (χ0) is 14.9. The third-order valence-corrected chi connectivity index (χ3v) is 3.07. The third kappa shape index (κ3) is 2.60. The molecule has 3 N–H and O–H groups in total. The standard InChI is InChI=1S/C14H14N2O4/c1-7-5-9(14(19)20)3-4-10(7)12(17)11-6-8(2)15-16-13(11)18/h3-6,12,17H,1-2H3,(H,16,18)(H,19,20). The van der Waals surface area contributed by atoms with Crippen LogP contribution >= 0.6 is 0 Å². The van der Waals surface area contributed by atoms with Gasteiger partial charge in [-0.2, -0.15) is 5.10 Å². The molecule has 0 radical (unpaired) electrons. The minimum absolute atomic E-state index is 0.137. The van der Waals surface area contributed by atoms with Crippen molar-refractivity contribution in [1.82, 2.24) is 10.2 Å². The van der Waals surface area contributed by atoms with Gasteiger partial charge in [0.05, 0.1) is 16.8 Å². The number of nitrogens with zero attached hydrogens (tertiary/aromatic N) is 1. The zero-order valence-electron chi connectivity index (χ0n) is 11.0. The van der Waals surface area contributed by atoms with Crippen molar-refractivity contribution in [1.29, 1.82) is 0 Å². The molecule has 2 aromatic rings. The highest BCUT2D eigenvalue weighted by Gasteiger charge is 2.18. The van der Waals surface area contributed by atoms with E-state index in [0.29, 0.717) is 16.8 Å². The zero-order valence-corrected chi connectivity index (χ0v) is 11.0. The summed E-state index contributed by atoms with van der Waals surface area (Å²) in [4.78, 5) is 22.6. The largest absolute Gasteiger partial charge is 0.478 e. The molecule has 0 saturated heterocycles. The average Bonchev–Trinajstić information content (AvgIpc) is 2.40. The molecule has 1 aromatic heterocycles. The van der Waals surface area contributed by atoms with Crippen molar-refractivity contribution in [2.45, 2.75) is 20.0 Å². The number of aromatic carboxylic acids is 1. The van der Waals surface area contributed by atoms with Gasteiger partial charge in [-0.1, -0.05) is 6.07 Å². The Morgan fingerprint density at radius 3 is 2.55 bits per heavy atom. The Bertz CT molecular complexity index is 721. The average molecular weight is 274 g/mol. The fraction of sp³-hybridized carbons (Fsp3) is 0.214. The molecule has 104 valence electrons. The number of benzene rings is 1. The fourth-order valence-corrected chi connectivity index (χ4v) is 2.01. The maximum absolute atomic E-state index is 11.7. The molecule has 0 fully saturated rings. The van der Waals surface area contributed by atoms with Gasteiger partial charge in [0.2, 0.25) is 0 Å². The Labute approximate surface area is 114 Å². The van der Waals surface area contributed by atoms with Crippen molar-refractivity contribution in [2.75, 3.05) is 0 Å². The van der Waals surface area contributed by atoms with Crippen LogP contribution in [-0.2, 0) is 0 Å². The van der Waals surface area contributed by atoms with Gasteiger partial charge in [0.1, 0.15) is 6.10 Å². The van der Waals surface area contributed by atoms with E-state index in [0.717, 1.165) is 0 Å². The number of carboxylic acids is 1. The number of aliphatic hydroxyl groups is 1. The highest BCUT2D eigenvalue weighted by molar-refractivity contribution is 5.87. The molecule has 0 bridgehead atoms. The summed E-state index contributed by atoms with van der Waals surface area (Å²) in [5.41, 5.74) is 1.53. The van der Waals surface area contributed by atoms with Crippen LogP contribution in [0.5, 0.6) is 0 Å². The van der Waals surface area contributed by atoms with Crippen LogP contribution in [0.3, 0.4) is 0 Å².